The smallest absolute Gasteiger partial charge is 0.270 e. The number of fused-ring (bicyclic) bond motifs is 1. The van der Waals surface area contributed by atoms with Crippen LogP contribution in [0.3, 0.4) is 0 Å². The zero-order chi connectivity index (χ0) is 20.1. The van der Waals surface area contributed by atoms with E-state index in [4.69, 9.17) is 4.74 Å². The molecule has 0 unspecified atom stereocenters. The molecule has 0 bridgehead atoms. The molecule has 1 amide bonds. The van der Waals surface area contributed by atoms with Gasteiger partial charge in [-0.15, -0.1) is 0 Å². The number of ether oxygens (including phenoxy) is 1. The number of hydrogen-bond donors (Lipinski definition) is 1. The van der Waals surface area contributed by atoms with Crippen LogP contribution in [0.5, 0.6) is 5.75 Å². The number of rotatable bonds is 6. The van der Waals surface area contributed by atoms with Crippen molar-refractivity contribution in [2.24, 2.45) is 5.92 Å². The highest BCUT2D eigenvalue weighted by Gasteiger charge is 2.20. The van der Waals surface area contributed by atoms with Crippen LogP contribution in [0.4, 0.5) is 0 Å². The van der Waals surface area contributed by atoms with Gasteiger partial charge in [-0.3, -0.25) is 14.7 Å². The largest absolute Gasteiger partial charge is 0.497 e. The van der Waals surface area contributed by atoms with Gasteiger partial charge in [-0.1, -0.05) is 36.4 Å². The van der Waals surface area contributed by atoms with Gasteiger partial charge in [0.25, 0.3) is 5.91 Å². The summed E-state index contributed by atoms with van der Waals surface area (Å²) < 4.78 is 5.22. The van der Waals surface area contributed by atoms with Gasteiger partial charge in [-0.2, -0.15) is 0 Å². The van der Waals surface area contributed by atoms with Crippen molar-refractivity contribution < 1.29 is 9.53 Å². The van der Waals surface area contributed by atoms with Gasteiger partial charge in [-0.25, -0.2) is 0 Å². The summed E-state index contributed by atoms with van der Waals surface area (Å²) in [6.45, 7) is 3.78. The van der Waals surface area contributed by atoms with Gasteiger partial charge in [-0.05, 0) is 61.0 Å². The van der Waals surface area contributed by atoms with Crippen molar-refractivity contribution in [3.8, 4) is 5.75 Å². The Balaban J connectivity index is 1.27. The molecule has 1 fully saturated rings. The Hall–Kier alpha value is -2.92. The molecule has 3 aromatic rings. The first-order valence-corrected chi connectivity index (χ1v) is 10.2. The van der Waals surface area contributed by atoms with E-state index in [9.17, 15) is 4.79 Å². The summed E-state index contributed by atoms with van der Waals surface area (Å²) in [5.41, 5.74) is 1.82. The molecule has 1 aromatic heterocycles. The van der Waals surface area contributed by atoms with Crippen LogP contribution in [0.2, 0.25) is 0 Å². The molecule has 1 saturated heterocycles. The molecule has 0 radical (unpaired) electrons. The number of methoxy groups -OCH3 is 1. The fourth-order valence-corrected chi connectivity index (χ4v) is 3.96. The molecule has 4 rings (SSSR count). The summed E-state index contributed by atoms with van der Waals surface area (Å²) in [5.74, 6) is 1.33. The second-order valence-electron chi connectivity index (χ2n) is 7.66. The first kappa shape index (κ1) is 19.4. The van der Waals surface area contributed by atoms with Crippen LogP contribution in [-0.2, 0) is 6.54 Å². The number of hydrogen-bond acceptors (Lipinski definition) is 4. The number of nitrogens with zero attached hydrogens (tertiary/aromatic N) is 2. The van der Waals surface area contributed by atoms with E-state index in [1.54, 1.807) is 13.3 Å². The Morgan fingerprint density at radius 2 is 1.86 bits per heavy atom. The third-order valence-corrected chi connectivity index (χ3v) is 5.71. The predicted octanol–water partition coefficient (Wildman–Crippen LogP) is 3.89. The first-order chi connectivity index (χ1) is 14.2. The van der Waals surface area contributed by atoms with Crippen molar-refractivity contribution in [1.82, 2.24) is 15.2 Å². The number of nitrogens with one attached hydrogen (secondary N) is 1. The van der Waals surface area contributed by atoms with E-state index in [1.807, 2.05) is 42.5 Å². The highest BCUT2D eigenvalue weighted by molar-refractivity contribution is 6.05. The minimum absolute atomic E-state index is 0.0811. The molecular weight excluding hydrogens is 362 g/mol. The molecule has 0 saturated carbocycles. The van der Waals surface area contributed by atoms with Gasteiger partial charge < -0.3 is 10.1 Å². The summed E-state index contributed by atoms with van der Waals surface area (Å²) in [7, 11) is 1.69. The molecule has 5 nitrogen and oxygen atoms in total. The van der Waals surface area contributed by atoms with Gasteiger partial charge in [0.1, 0.15) is 11.4 Å². The molecule has 1 aliphatic rings. The van der Waals surface area contributed by atoms with E-state index < -0.39 is 0 Å². The Bertz CT molecular complexity index is 958. The number of aromatic nitrogens is 1. The minimum atomic E-state index is -0.0811. The van der Waals surface area contributed by atoms with Crippen molar-refractivity contribution in [2.45, 2.75) is 19.4 Å². The molecule has 29 heavy (non-hydrogen) atoms. The maximum Gasteiger partial charge on any atom is 0.270 e. The summed E-state index contributed by atoms with van der Waals surface area (Å²) in [6, 6.07) is 18.1. The number of carbonyl (C=O) groups is 1. The Labute approximate surface area is 171 Å². The lowest BCUT2D eigenvalue weighted by Gasteiger charge is -2.32. The second-order valence-corrected chi connectivity index (χ2v) is 7.66. The molecule has 5 heteroatoms. The maximum atomic E-state index is 12.7. The standard InChI is InChI=1S/C24H27N3O2/c1-29-21-8-6-19(7-9-21)17-27-14-11-18(12-15-27)16-26-24(28)23-22-5-3-2-4-20(22)10-13-25-23/h2-10,13,18H,11-12,14-17H2,1H3,(H,26,28). The van der Waals surface area contributed by atoms with Crippen molar-refractivity contribution in [2.75, 3.05) is 26.7 Å². The topological polar surface area (TPSA) is 54.5 Å². The molecule has 0 aliphatic carbocycles. The second kappa shape index (κ2) is 9.05. The van der Waals surface area contributed by atoms with E-state index in [1.165, 1.54) is 5.56 Å². The average Bonchev–Trinajstić information content (AvgIpc) is 2.78. The molecule has 1 N–H and O–H groups in total. The lowest BCUT2D eigenvalue weighted by Crippen LogP contribution is -2.38. The normalized spacial score (nSPS) is 15.3. The summed E-state index contributed by atoms with van der Waals surface area (Å²) in [5, 5.41) is 5.05. The van der Waals surface area contributed by atoms with Crippen LogP contribution in [0.15, 0.2) is 60.8 Å². The highest BCUT2D eigenvalue weighted by atomic mass is 16.5. The molecule has 150 valence electrons. The predicted molar refractivity (Wildman–Crippen MR) is 115 cm³/mol. The van der Waals surface area contributed by atoms with Crippen LogP contribution >= 0.6 is 0 Å². The monoisotopic (exact) mass is 389 g/mol. The Morgan fingerprint density at radius 3 is 2.62 bits per heavy atom. The third kappa shape index (κ3) is 4.74. The van der Waals surface area contributed by atoms with Crippen molar-refractivity contribution >= 4 is 16.7 Å². The quantitative estimate of drug-likeness (QED) is 0.695. The number of amides is 1. The van der Waals surface area contributed by atoms with Gasteiger partial charge in [0, 0.05) is 24.7 Å². The molecule has 1 aliphatic heterocycles. The number of benzene rings is 2. The van der Waals surface area contributed by atoms with E-state index in [0.717, 1.165) is 49.0 Å². The Kier molecular flexibility index (Phi) is 6.06. The highest BCUT2D eigenvalue weighted by Crippen LogP contribution is 2.20. The summed E-state index contributed by atoms with van der Waals surface area (Å²) in [4.78, 5) is 19.5. The lowest BCUT2D eigenvalue weighted by atomic mass is 9.96. The van der Waals surface area contributed by atoms with Crippen LogP contribution in [0.25, 0.3) is 10.8 Å². The fraction of sp³-hybridized carbons (Fsp3) is 0.333. The number of likely N-dealkylation sites (tertiary alicyclic amines) is 1. The maximum absolute atomic E-state index is 12.7. The fourth-order valence-electron chi connectivity index (χ4n) is 3.96. The molecule has 0 spiro atoms. The lowest BCUT2D eigenvalue weighted by molar-refractivity contribution is 0.0932. The van der Waals surface area contributed by atoms with Crippen molar-refractivity contribution in [3.63, 3.8) is 0 Å². The minimum Gasteiger partial charge on any atom is -0.497 e. The molecule has 0 atom stereocenters. The molecule has 2 heterocycles. The van der Waals surface area contributed by atoms with Crippen LogP contribution in [0, 0.1) is 5.92 Å². The van der Waals surface area contributed by atoms with Crippen LogP contribution < -0.4 is 10.1 Å². The summed E-state index contributed by atoms with van der Waals surface area (Å²) in [6.07, 6.45) is 3.90. The van der Waals surface area contributed by atoms with Crippen LogP contribution in [-0.4, -0.2) is 42.5 Å². The van der Waals surface area contributed by atoms with Crippen LogP contribution in [0.1, 0.15) is 28.9 Å². The van der Waals surface area contributed by atoms with E-state index in [0.29, 0.717) is 18.2 Å². The third-order valence-electron chi connectivity index (χ3n) is 5.71. The number of pyridine rings is 1. The zero-order valence-electron chi connectivity index (χ0n) is 16.8. The zero-order valence-corrected chi connectivity index (χ0v) is 16.8. The SMILES string of the molecule is COc1ccc(CN2CCC(CNC(=O)c3nccc4ccccc34)CC2)cc1. The van der Waals surface area contributed by atoms with Gasteiger partial charge in [0.15, 0.2) is 0 Å². The van der Waals surface area contributed by atoms with E-state index >= 15 is 0 Å². The van der Waals surface area contributed by atoms with E-state index in [-0.39, 0.29) is 5.91 Å². The number of piperidine rings is 1. The number of carbonyl (C=O) groups excluding carboxylic acids is 1. The summed E-state index contributed by atoms with van der Waals surface area (Å²) >= 11 is 0. The molecular formula is C24H27N3O2. The average molecular weight is 389 g/mol. The van der Waals surface area contributed by atoms with Gasteiger partial charge in [0.2, 0.25) is 0 Å². The van der Waals surface area contributed by atoms with Crippen molar-refractivity contribution in [1.29, 1.82) is 0 Å². The van der Waals surface area contributed by atoms with Gasteiger partial charge in [0.05, 0.1) is 7.11 Å². The van der Waals surface area contributed by atoms with Gasteiger partial charge >= 0.3 is 0 Å². The first-order valence-electron chi connectivity index (χ1n) is 10.2. The van der Waals surface area contributed by atoms with Crippen molar-refractivity contribution in [3.05, 3.63) is 72.1 Å². The van der Waals surface area contributed by atoms with E-state index in [2.05, 4.69) is 27.3 Å². The molecule has 2 aromatic carbocycles. The Morgan fingerprint density at radius 1 is 1.10 bits per heavy atom.